The number of hydrogen-bond acceptors (Lipinski definition) is 2. The van der Waals surface area contributed by atoms with Gasteiger partial charge in [-0.3, -0.25) is 0 Å². The highest BCUT2D eigenvalue weighted by molar-refractivity contribution is 5.19. The molecule has 0 bridgehead atoms. The van der Waals surface area contributed by atoms with Crippen LogP contribution in [0.1, 0.15) is 18.1 Å². The van der Waals surface area contributed by atoms with Crippen molar-refractivity contribution in [3.63, 3.8) is 0 Å². The summed E-state index contributed by atoms with van der Waals surface area (Å²) in [6.07, 6.45) is -0.894. The maximum Gasteiger partial charge on any atom is 0.123 e. The number of benzene rings is 1. The van der Waals surface area contributed by atoms with Gasteiger partial charge in [-0.15, -0.1) is 0 Å². The van der Waals surface area contributed by atoms with Crippen molar-refractivity contribution in [1.82, 2.24) is 0 Å². The summed E-state index contributed by atoms with van der Waals surface area (Å²) in [5.41, 5.74) is 0.441. The molecule has 0 saturated heterocycles. The zero-order valence-electron chi connectivity index (χ0n) is 6.37. The van der Waals surface area contributed by atoms with Crippen molar-refractivity contribution >= 4 is 0 Å². The summed E-state index contributed by atoms with van der Waals surface area (Å²) >= 11 is 0. The average Bonchev–Trinajstić information content (AvgIpc) is 2.05. The van der Waals surface area contributed by atoms with E-state index in [1.165, 1.54) is 18.2 Å². The molecule has 0 radical (unpaired) electrons. The lowest BCUT2D eigenvalue weighted by Crippen LogP contribution is -1.95. The Balaban J connectivity index is 2.82. The van der Waals surface area contributed by atoms with E-state index in [2.05, 4.69) is 0 Å². The maximum atomic E-state index is 12.6. The molecule has 1 N–H and O–H groups in total. The van der Waals surface area contributed by atoms with Gasteiger partial charge >= 0.3 is 0 Å². The molecular formula is C9H8FNO. The molecule has 1 aromatic rings. The van der Waals surface area contributed by atoms with Crippen molar-refractivity contribution in [3.8, 4) is 6.07 Å². The summed E-state index contributed by atoms with van der Waals surface area (Å²) in [5, 5.41) is 17.5. The van der Waals surface area contributed by atoms with Gasteiger partial charge in [-0.1, -0.05) is 12.1 Å². The second-order valence-corrected chi connectivity index (χ2v) is 2.43. The zero-order valence-corrected chi connectivity index (χ0v) is 6.37. The first kappa shape index (κ1) is 8.69. The van der Waals surface area contributed by atoms with E-state index in [4.69, 9.17) is 5.26 Å². The number of aliphatic hydroxyl groups is 1. The lowest BCUT2D eigenvalue weighted by molar-refractivity contribution is 0.183. The van der Waals surface area contributed by atoms with Crippen LogP contribution in [0, 0.1) is 17.1 Å². The SMILES string of the molecule is N#CC[C@H](O)c1cccc(F)c1. The van der Waals surface area contributed by atoms with Crippen LogP contribution in [-0.4, -0.2) is 5.11 Å². The van der Waals surface area contributed by atoms with E-state index in [-0.39, 0.29) is 6.42 Å². The smallest absolute Gasteiger partial charge is 0.123 e. The van der Waals surface area contributed by atoms with Gasteiger partial charge in [-0.05, 0) is 17.7 Å². The summed E-state index contributed by atoms with van der Waals surface area (Å²) in [6, 6.07) is 7.43. The molecule has 3 heteroatoms. The van der Waals surface area contributed by atoms with Crippen molar-refractivity contribution in [3.05, 3.63) is 35.6 Å². The molecule has 0 unspecified atom stereocenters. The summed E-state index contributed by atoms with van der Waals surface area (Å²) in [6.45, 7) is 0. The number of halogens is 1. The minimum absolute atomic E-state index is 0.0105. The van der Waals surface area contributed by atoms with Gasteiger partial charge in [0, 0.05) is 0 Å². The topological polar surface area (TPSA) is 44.0 Å². The molecule has 12 heavy (non-hydrogen) atoms. The van der Waals surface area contributed by atoms with Crippen molar-refractivity contribution in [2.75, 3.05) is 0 Å². The lowest BCUT2D eigenvalue weighted by atomic mass is 10.1. The fraction of sp³-hybridized carbons (Fsp3) is 0.222. The van der Waals surface area contributed by atoms with Crippen molar-refractivity contribution < 1.29 is 9.50 Å². The monoisotopic (exact) mass is 165 g/mol. The Hall–Kier alpha value is -1.40. The fourth-order valence-corrected chi connectivity index (χ4v) is 0.918. The number of nitriles is 1. The lowest BCUT2D eigenvalue weighted by Gasteiger charge is -2.05. The summed E-state index contributed by atoms with van der Waals surface area (Å²) in [5.74, 6) is -0.399. The van der Waals surface area contributed by atoms with Crippen LogP contribution in [0.4, 0.5) is 4.39 Å². The van der Waals surface area contributed by atoms with Gasteiger partial charge < -0.3 is 5.11 Å². The quantitative estimate of drug-likeness (QED) is 0.725. The fourth-order valence-electron chi connectivity index (χ4n) is 0.918. The number of nitrogens with zero attached hydrogens (tertiary/aromatic N) is 1. The molecule has 0 aliphatic heterocycles. The van der Waals surface area contributed by atoms with Gasteiger partial charge in [-0.25, -0.2) is 4.39 Å². The Morgan fingerprint density at radius 1 is 1.58 bits per heavy atom. The molecule has 0 aliphatic carbocycles. The second-order valence-electron chi connectivity index (χ2n) is 2.43. The third kappa shape index (κ3) is 2.04. The van der Waals surface area contributed by atoms with E-state index in [0.717, 1.165) is 0 Å². The van der Waals surface area contributed by atoms with E-state index >= 15 is 0 Å². The van der Waals surface area contributed by atoms with Gasteiger partial charge in [0.1, 0.15) is 5.82 Å². The minimum atomic E-state index is -0.884. The standard InChI is InChI=1S/C9H8FNO/c10-8-3-1-2-7(6-8)9(12)4-5-11/h1-3,6,9,12H,4H2/t9-/m0/s1. The number of rotatable bonds is 2. The molecule has 1 aromatic carbocycles. The van der Waals surface area contributed by atoms with Crippen molar-refractivity contribution in [2.24, 2.45) is 0 Å². The van der Waals surface area contributed by atoms with Crippen LogP contribution in [0.3, 0.4) is 0 Å². The van der Waals surface area contributed by atoms with Crippen molar-refractivity contribution in [2.45, 2.75) is 12.5 Å². The molecule has 1 rings (SSSR count). The third-order valence-corrected chi connectivity index (χ3v) is 1.52. The van der Waals surface area contributed by atoms with Gasteiger partial charge in [0.05, 0.1) is 18.6 Å². The molecule has 0 amide bonds. The molecule has 0 aromatic heterocycles. The zero-order chi connectivity index (χ0) is 8.97. The van der Waals surface area contributed by atoms with Crippen LogP contribution < -0.4 is 0 Å². The summed E-state index contributed by atoms with van der Waals surface area (Å²) < 4.78 is 12.6. The van der Waals surface area contributed by atoms with E-state index in [9.17, 15) is 9.50 Å². The number of hydrogen-bond donors (Lipinski definition) is 1. The molecule has 62 valence electrons. The largest absolute Gasteiger partial charge is 0.387 e. The Morgan fingerprint density at radius 3 is 2.92 bits per heavy atom. The van der Waals surface area contributed by atoms with Crippen LogP contribution in [0.15, 0.2) is 24.3 Å². The summed E-state index contributed by atoms with van der Waals surface area (Å²) in [4.78, 5) is 0. The molecule has 0 heterocycles. The predicted octanol–water partition coefficient (Wildman–Crippen LogP) is 1.77. The molecule has 0 saturated carbocycles. The Kier molecular flexibility index (Phi) is 2.78. The first-order valence-electron chi connectivity index (χ1n) is 3.54. The Morgan fingerprint density at radius 2 is 2.33 bits per heavy atom. The maximum absolute atomic E-state index is 12.6. The van der Waals surface area contributed by atoms with E-state index in [0.29, 0.717) is 5.56 Å². The minimum Gasteiger partial charge on any atom is -0.387 e. The molecule has 1 atom stereocenters. The average molecular weight is 165 g/mol. The van der Waals surface area contributed by atoms with Crippen LogP contribution in [0.25, 0.3) is 0 Å². The first-order valence-corrected chi connectivity index (χ1v) is 3.54. The van der Waals surface area contributed by atoms with Gasteiger partial charge in [0.15, 0.2) is 0 Å². The van der Waals surface area contributed by atoms with Crippen LogP contribution >= 0.6 is 0 Å². The molecule has 2 nitrogen and oxygen atoms in total. The highest BCUT2D eigenvalue weighted by atomic mass is 19.1. The van der Waals surface area contributed by atoms with Gasteiger partial charge in [0.25, 0.3) is 0 Å². The highest BCUT2D eigenvalue weighted by Gasteiger charge is 2.06. The Labute approximate surface area is 69.9 Å². The predicted molar refractivity (Wildman–Crippen MR) is 41.6 cm³/mol. The van der Waals surface area contributed by atoms with Crippen LogP contribution in [0.2, 0.25) is 0 Å². The molecule has 0 spiro atoms. The normalized spacial score (nSPS) is 12.1. The van der Waals surface area contributed by atoms with E-state index in [1.807, 2.05) is 6.07 Å². The third-order valence-electron chi connectivity index (χ3n) is 1.52. The highest BCUT2D eigenvalue weighted by Crippen LogP contribution is 2.16. The molecular weight excluding hydrogens is 157 g/mol. The molecule has 0 aliphatic rings. The van der Waals surface area contributed by atoms with Gasteiger partial charge in [0.2, 0.25) is 0 Å². The van der Waals surface area contributed by atoms with Crippen LogP contribution in [0.5, 0.6) is 0 Å². The first-order chi connectivity index (χ1) is 5.74. The Bertz CT molecular complexity index is 306. The van der Waals surface area contributed by atoms with E-state index < -0.39 is 11.9 Å². The number of aliphatic hydroxyl groups excluding tert-OH is 1. The van der Waals surface area contributed by atoms with E-state index in [1.54, 1.807) is 6.07 Å². The molecule has 0 fully saturated rings. The van der Waals surface area contributed by atoms with Crippen molar-refractivity contribution in [1.29, 1.82) is 5.26 Å². The van der Waals surface area contributed by atoms with Crippen LogP contribution in [-0.2, 0) is 0 Å². The second kappa shape index (κ2) is 3.84. The summed E-state index contributed by atoms with van der Waals surface area (Å²) in [7, 11) is 0. The van der Waals surface area contributed by atoms with Gasteiger partial charge in [-0.2, -0.15) is 5.26 Å².